The molecule has 0 radical (unpaired) electrons. The maximum atomic E-state index is 8.95. The topological polar surface area (TPSA) is 36.1 Å². The summed E-state index contributed by atoms with van der Waals surface area (Å²) < 4.78 is 0. The Balaban J connectivity index is 2.52. The first-order valence-corrected chi connectivity index (χ1v) is 6.05. The Morgan fingerprint density at radius 3 is 2.76 bits per heavy atom. The summed E-state index contributed by atoms with van der Waals surface area (Å²) >= 11 is 0. The number of rotatable bonds is 0. The Kier molecular flexibility index (Phi) is 3.02. The molecular weight excluding hydrogens is 208 g/mol. The molecule has 0 N–H and O–H groups in total. The summed E-state index contributed by atoms with van der Waals surface area (Å²) in [6.07, 6.45) is 3.02. The van der Waals surface area contributed by atoms with Gasteiger partial charge in [-0.05, 0) is 35.1 Å². The second-order valence-corrected chi connectivity index (χ2v) is 5.67. The number of benzene rings is 1. The Bertz CT molecular complexity index is 487. The van der Waals surface area contributed by atoms with Crippen LogP contribution in [0.4, 0.5) is 0 Å². The zero-order valence-corrected chi connectivity index (χ0v) is 10.7. The van der Waals surface area contributed by atoms with Crippen LogP contribution in [-0.4, -0.2) is 12.8 Å². The van der Waals surface area contributed by atoms with Crippen LogP contribution in [0.1, 0.15) is 43.4 Å². The maximum Gasteiger partial charge on any atom is 0.0991 e. The molecule has 2 heteroatoms. The molecule has 1 aliphatic heterocycles. The highest BCUT2D eigenvalue weighted by molar-refractivity contribution is 5.71. The zero-order chi connectivity index (χ0) is 12.5. The van der Waals surface area contributed by atoms with E-state index in [0.717, 1.165) is 18.5 Å². The SMILES string of the molecule is CC(C)(C)C1C=NCCc2cc(C#N)ccc21. The van der Waals surface area contributed by atoms with E-state index in [-0.39, 0.29) is 5.41 Å². The summed E-state index contributed by atoms with van der Waals surface area (Å²) in [5, 5.41) is 8.95. The second kappa shape index (κ2) is 4.33. The van der Waals surface area contributed by atoms with Crippen LogP contribution in [0.15, 0.2) is 23.2 Å². The van der Waals surface area contributed by atoms with Gasteiger partial charge >= 0.3 is 0 Å². The van der Waals surface area contributed by atoms with Crippen molar-refractivity contribution in [3.63, 3.8) is 0 Å². The lowest BCUT2D eigenvalue weighted by Crippen LogP contribution is -2.20. The summed E-state index contributed by atoms with van der Waals surface area (Å²) in [4.78, 5) is 4.48. The van der Waals surface area contributed by atoms with Crippen molar-refractivity contribution < 1.29 is 0 Å². The van der Waals surface area contributed by atoms with Crippen molar-refractivity contribution in [2.45, 2.75) is 33.1 Å². The molecule has 1 aromatic rings. The van der Waals surface area contributed by atoms with Crippen molar-refractivity contribution in [3.05, 3.63) is 34.9 Å². The predicted octanol–water partition coefficient (Wildman–Crippen LogP) is 3.31. The highest BCUT2D eigenvalue weighted by atomic mass is 14.7. The third-order valence-corrected chi connectivity index (χ3v) is 3.30. The molecule has 17 heavy (non-hydrogen) atoms. The summed E-state index contributed by atoms with van der Waals surface area (Å²) in [7, 11) is 0. The van der Waals surface area contributed by atoms with Crippen LogP contribution < -0.4 is 0 Å². The molecule has 1 atom stereocenters. The maximum absolute atomic E-state index is 8.95. The van der Waals surface area contributed by atoms with Gasteiger partial charge in [-0.1, -0.05) is 26.8 Å². The van der Waals surface area contributed by atoms with E-state index >= 15 is 0 Å². The zero-order valence-electron chi connectivity index (χ0n) is 10.7. The quantitative estimate of drug-likeness (QED) is 0.668. The van der Waals surface area contributed by atoms with Gasteiger partial charge in [0.1, 0.15) is 0 Å². The summed E-state index contributed by atoms with van der Waals surface area (Å²) in [6.45, 7) is 7.53. The van der Waals surface area contributed by atoms with Crippen molar-refractivity contribution in [2.75, 3.05) is 6.54 Å². The van der Waals surface area contributed by atoms with Crippen molar-refractivity contribution in [1.29, 1.82) is 5.26 Å². The van der Waals surface area contributed by atoms with E-state index in [1.807, 2.05) is 12.1 Å². The first-order chi connectivity index (χ1) is 8.02. The van der Waals surface area contributed by atoms with Crippen molar-refractivity contribution in [1.82, 2.24) is 0 Å². The summed E-state index contributed by atoms with van der Waals surface area (Å²) in [6, 6.07) is 8.24. The fraction of sp³-hybridized carbons (Fsp3) is 0.467. The van der Waals surface area contributed by atoms with Gasteiger partial charge in [-0.25, -0.2) is 0 Å². The Labute approximate surface area is 103 Å². The van der Waals surface area contributed by atoms with Crippen LogP contribution in [0.25, 0.3) is 0 Å². The minimum absolute atomic E-state index is 0.163. The van der Waals surface area contributed by atoms with Crippen LogP contribution in [0.3, 0.4) is 0 Å². The largest absolute Gasteiger partial charge is 0.297 e. The van der Waals surface area contributed by atoms with E-state index in [1.54, 1.807) is 0 Å². The van der Waals surface area contributed by atoms with Crippen LogP contribution >= 0.6 is 0 Å². The van der Waals surface area contributed by atoms with E-state index in [2.05, 4.69) is 44.1 Å². The fourth-order valence-electron chi connectivity index (χ4n) is 2.33. The molecule has 2 rings (SSSR count). The van der Waals surface area contributed by atoms with Crippen molar-refractivity contribution >= 4 is 6.21 Å². The van der Waals surface area contributed by atoms with Gasteiger partial charge in [0.25, 0.3) is 0 Å². The van der Waals surface area contributed by atoms with E-state index in [4.69, 9.17) is 5.26 Å². The Morgan fingerprint density at radius 1 is 1.35 bits per heavy atom. The van der Waals surface area contributed by atoms with Gasteiger partial charge in [0, 0.05) is 18.7 Å². The van der Waals surface area contributed by atoms with Crippen LogP contribution in [-0.2, 0) is 6.42 Å². The number of hydrogen-bond acceptors (Lipinski definition) is 2. The molecule has 0 bridgehead atoms. The Morgan fingerprint density at radius 2 is 2.12 bits per heavy atom. The molecule has 0 fully saturated rings. The molecule has 0 spiro atoms. The van der Waals surface area contributed by atoms with Crippen molar-refractivity contribution in [3.8, 4) is 6.07 Å². The lowest BCUT2D eigenvalue weighted by molar-refractivity contribution is 0.386. The van der Waals surface area contributed by atoms with Gasteiger partial charge in [0.2, 0.25) is 0 Å². The second-order valence-electron chi connectivity index (χ2n) is 5.67. The molecule has 88 valence electrons. The molecule has 1 unspecified atom stereocenters. The smallest absolute Gasteiger partial charge is 0.0991 e. The average molecular weight is 226 g/mol. The predicted molar refractivity (Wildman–Crippen MR) is 70.4 cm³/mol. The monoisotopic (exact) mass is 226 g/mol. The van der Waals surface area contributed by atoms with Gasteiger partial charge < -0.3 is 0 Å². The standard InChI is InChI=1S/C15H18N2/c1-15(2,3)14-10-17-7-6-12-8-11(9-16)4-5-13(12)14/h4-5,8,10,14H,6-7H2,1-3H3. The molecule has 0 amide bonds. The molecule has 1 aliphatic rings. The fourth-order valence-corrected chi connectivity index (χ4v) is 2.33. The number of aliphatic imine (C=N–C) groups is 1. The van der Waals surface area contributed by atoms with Crippen molar-refractivity contribution in [2.24, 2.45) is 10.4 Å². The summed E-state index contributed by atoms with van der Waals surface area (Å²) in [5.74, 6) is 0.341. The first kappa shape index (κ1) is 11.9. The van der Waals surface area contributed by atoms with Gasteiger partial charge in [-0.2, -0.15) is 5.26 Å². The number of nitriles is 1. The van der Waals surface area contributed by atoms with Crippen LogP contribution in [0.2, 0.25) is 0 Å². The number of hydrogen-bond donors (Lipinski definition) is 0. The van der Waals surface area contributed by atoms with E-state index < -0.39 is 0 Å². The average Bonchev–Trinajstić information content (AvgIpc) is 2.49. The minimum Gasteiger partial charge on any atom is -0.297 e. The van der Waals surface area contributed by atoms with Crippen LogP contribution in [0, 0.1) is 16.7 Å². The summed E-state index contributed by atoms with van der Waals surface area (Å²) in [5.41, 5.74) is 3.52. The van der Waals surface area contributed by atoms with E-state index in [1.165, 1.54) is 11.1 Å². The van der Waals surface area contributed by atoms with E-state index in [0.29, 0.717) is 5.92 Å². The van der Waals surface area contributed by atoms with E-state index in [9.17, 15) is 0 Å². The highest BCUT2D eigenvalue weighted by Gasteiger charge is 2.27. The van der Waals surface area contributed by atoms with Crippen LogP contribution in [0.5, 0.6) is 0 Å². The Hall–Kier alpha value is -1.62. The van der Waals surface area contributed by atoms with Gasteiger partial charge in [-0.15, -0.1) is 0 Å². The molecular formula is C15H18N2. The lowest BCUT2D eigenvalue weighted by atomic mass is 9.75. The van der Waals surface area contributed by atoms with Gasteiger partial charge in [0.05, 0.1) is 11.6 Å². The number of fused-ring (bicyclic) bond motifs is 1. The normalized spacial score (nSPS) is 19.3. The molecule has 1 heterocycles. The molecule has 1 aromatic carbocycles. The minimum atomic E-state index is 0.163. The molecule has 0 aromatic heterocycles. The van der Waals surface area contributed by atoms with Gasteiger partial charge in [-0.3, -0.25) is 4.99 Å². The number of nitrogens with zero attached hydrogens (tertiary/aromatic N) is 2. The lowest BCUT2D eigenvalue weighted by Gasteiger charge is -2.28. The molecule has 0 saturated heterocycles. The third kappa shape index (κ3) is 2.39. The molecule has 2 nitrogen and oxygen atoms in total. The first-order valence-electron chi connectivity index (χ1n) is 6.05. The van der Waals surface area contributed by atoms with Gasteiger partial charge in [0.15, 0.2) is 0 Å². The third-order valence-electron chi connectivity index (χ3n) is 3.30. The molecule has 0 saturated carbocycles. The molecule has 0 aliphatic carbocycles. The highest BCUT2D eigenvalue weighted by Crippen LogP contribution is 2.36.